The van der Waals surface area contributed by atoms with Gasteiger partial charge >= 0.3 is 0 Å². The molecule has 2 heteroatoms. The lowest BCUT2D eigenvalue weighted by atomic mass is 9.98. The Morgan fingerprint density at radius 1 is 1.24 bits per heavy atom. The van der Waals surface area contributed by atoms with Crippen molar-refractivity contribution < 1.29 is 4.42 Å². The third-order valence-electron chi connectivity index (χ3n) is 3.27. The van der Waals surface area contributed by atoms with Gasteiger partial charge in [-0.15, -0.1) is 0 Å². The van der Waals surface area contributed by atoms with E-state index in [-0.39, 0.29) is 6.04 Å². The van der Waals surface area contributed by atoms with Crippen molar-refractivity contribution in [2.24, 2.45) is 5.73 Å². The number of benzene rings is 1. The van der Waals surface area contributed by atoms with E-state index in [1.165, 1.54) is 23.8 Å². The Balaban J connectivity index is 2.42. The van der Waals surface area contributed by atoms with Gasteiger partial charge in [0.15, 0.2) is 0 Å². The van der Waals surface area contributed by atoms with Crippen LogP contribution in [0.3, 0.4) is 0 Å². The van der Waals surface area contributed by atoms with E-state index in [1.54, 1.807) is 0 Å². The molecule has 0 spiro atoms. The molecule has 17 heavy (non-hydrogen) atoms. The van der Waals surface area contributed by atoms with Crippen LogP contribution < -0.4 is 5.73 Å². The number of furan rings is 1. The SMILES string of the molecule is CCCCC(N)c1c(CC)oc2ccccc12. The van der Waals surface area contributed by atoms with Gasteiger partial charge in [0.1, 0.15) is 11.3 Å². The smallest absolute Gasteiger partial charge is 0.134 e. The van der Waals surface area contributed by atoms with Gasteiger partial charge < -0.3 is 10.2 Å². The summed E-state index contributed by atoms with van der Waals surface area (Å²) in [4.78, 5) is 0. The summed E-state index contributed by atoms with van der Waals surface area (Å²) in [6.07, 6.45) is 4.30. The molecule has 0 radical (unpaired) electrons. The van der Waals surface area contributed by atoms with Crippen LogP contribution in [0.5, 0.6) is 0 Å². The lowest BCUT2D eigenvalue weighted by Crippen LogP contribution is -2.11. The van der Waals surface area contributed by atoms with Crippen LogP contribution >= 0.6 is 0 Å². The van der Waals surface area contributed by atoms with Gasteiger partial charge in [-0.1, -0.05) is 44.9 Å². The molecule has 2 nitrogen and oxygen atoms in total. The fourth-order valence-corrected chi connectivity index (χ4v) is 2.35. The van der Waals surface area contributed by atoms with E-state index in [9.17, 15) is 0 Å². The maximum atomic E-state index is 6.31. The number of nitrogens with two attached hydrogens (primary N) is 1. The van der Waals surface area contributed by atoms with E-state index in [4.69, 9.17) is 10.2 Å². The second kappa shape index (κ2) is 5.37. The number of fused-ring (bicyclic) bond motifs is 1. The van der Waals surface area contributed by atoms with Gasteiger partial charge in [0.2, 0.25) is 0 Å². The molecule has 0 amide bonds. The molecule has 2 aromatic rings. The van der Waals surface area contributed by atoms with Crippen LogP contribution in [-0.4, -0.2) is 0 Å². The van der Waals surface area contributed by atoms with Crippen LogP contribution in [0.15, 0.2) is 28.7 Å². The van der Waals surface area contributed by atoms with Gasteiger partial charge in [0.25, 0.3) is 0 Å². The average molecular weight is 231 g/mol. The van der Waals surface area contributed by atoms with Gasteiger partial charge in [-0.2, -0.15) is 0 Å². The van der Waals surface area contributed by atoms with Crippen LogP contribution in [0.4, 0.5) is 0 Å². The number of unbranched alkanes of at least 4 members (excludes halogenated alkanes) is 1. The Kier molecular flexibility index (Phi) is 3.85. The van der Waals surface area contributed by atoms with Crippen LogP contribution in [0.2, 0.25) is 0 Å². The Morgan fingerprint density at radius 3 is 2.71 bits per heavy atom. The van der Waals surface area contributed by atoms with E-state index >= 15 is 0 Å². The summed E-state index contributed by atoms with van der Waals surface area (Å²) >= 11 is 0. The minimum Gasteiger partial charge on any atom is -0.461 e. The van der Waals surface area contributed by atoms with Gasteiger partial charge in [-0.3, -0.25) is 0 Å². The van der Waals surface area contributed by atoms with Crippen molar-refractivity contribution in [3.05, 3.63) is 35.6 Å². The molecule has 1 aromatic carbocycles. The summed E-state index contributed by atoms with van der Waals surface area (Å²) in [5.41, 5.74) is 8.49. The Bertz CT molecular complexity index is 487. The highest BCUT2D eigenvalue weighted by Crippen LogP contribution is 2.32. The van der Waals surface area contributed by atoms with E-state index in [1.807, 2.05) is 18.2 Å². The molecular weight excluding hydrogens is 210 g/mol. The molecule has 1 atom stereocenters. The zero-order valence-corrected chi connectivity index (χ0v) is 10.7. The molecule has 1 unspecified atom stereocenters. The molecule has 2 N–H and O–H groups in total. The largest absolute Gasteiger partial charge is 0.461 e. The first-order valence-electron chi connectivity index (χ1n) is 6.53. The first-order valence-corrected chi connectivity index (χ1v) is 6.53. The second-order valence-electron chi connectivity index (χ2n) is 4.54. The first-order chi connectivity index (χ1) is 8.27. The van der Waals surface area contributed by atoms with Crippen LogP contribution in [0, 0.1) is 0 Å². The molecule has 1 aromatic heterocycles. The summed E-state index contributed by atoms with van der Waals surface area (Å²) in [7, 11) is 0. The summed E-state index contributed by atoms with van der Waals surface area (Å²) in [6, 6.07) is 8.29. The fourth-order valence-electron chi connectivity index (χ4n) is 2.35. The monoisotopic (exact) mass is 231 g/mol. The van der Waals surface area contributed by atoms with Gasteiger partial charge in [0.05, 0.1) is 0 Å². The maximum absolute atomic E-state index is 6.31. The van der Waals surface area contributed by atoms with E-state index in [0.717, 1.165) is 24.2 Å². The average Bonchev–Trinajstić information content (AvgIpc) is 2.74. The minimum absolute atomic E-state index is 0.105. The van der Waals surface area contributed by atoms with E-state index in [0.29, 0.717) is 0 Å². The third-order valence-corrected chi connectivity index (χ3v) is 3.27. The van der Waals surface area contributed by atoms with Crippen molar-refractivity contribution in [3.8, 4) is 0 Å². The molecule has 2 rings (SSSR count). The first kappa shape index (κ1) is 12.2. The molecule has 1 heterocycles. The van der Waals surface area contributed by atoms with Gasteiger partial charge in [-0.05, 0) is 12.5 Å². The number of hydrogen-bond acceptors (Lipinski definition) is 2. The van der Waals surface area contributed by atoms with Crippen LogP contribution in [0.1, 0.15) is 50.5 Å². The normalized spacial score (nSPS) is 13.1. The molecule has 92 valence electrons. The Labute approximate surface area is 103 Å². The van der Waals surface area contributed by atoms with Crippen molar-refractivity contribution in [1.82, 2.24) is 0 Å². The van der Waals surface area contributed by atoms with Crippen molar-refractivity contribution in [3.63, 3.8) is 0 Å². The van der Waals surface area contributed by atoms with Crippen LogP contribution in [-0.2, 0) is 6.42 Å². The lowest BCUT2D eigenvalue weighted by molar-refractivity contribution is 0.529. The van der Waals surface area contributed by atoms with Crippen LogP contribution in [0.25, 0.3) is 11.0 Å². The van der Waals surface area contributed by atoms with Crippen molar-refractivity contribution in [2.75, 3.05) is 0 Å². The number of hydrogen-bond donors (Lipinski definition) is 1. The minimum atomic E-state index is 0.105. The summed E-state index contributed by atoms with van der Waals surface area (Å²) in [6.45, 7) is 4.31. The molecule has 0 fully saturated rings. The molecule has 0 aliphatic rings. The molecule has 0 saturated carbocycles. The predicted octanol–water partition coefficient (Wildman–Crippen LogP) is 4.19. The molecule has 0 bridgehead atoms. The predicted molar refractivity (Wildman–Crippen MR) is 72.0 cm³/mol. The fraction of sp³-hybridized carbons (Fsp3) is 0.467. The molecule has 0 aliphatic heterocycles. The molecule has 0 aliphatic carbocycles. The van der Waals surface area contributed by atoms with Gasteiger partial charge in [-0.25, -0.2) is 0 Å². The van der Waals surface area contributed by atoms with E-state index < -0.39 is 0 Å². The third kappa shape index (κ3) is 2.37. The van der Waals surface area contributed by atoms with Gasteiger partial charge in [0, 0.05) is 23.4 Å². The highest BCUT2D eigenvalue weighted by molar-refractivity contribution is 5.82. The Hall–Kier alpha value is -1.28. The number of para-hydroxylation sites is 1. The second-order valence-corrected chi connectivity index (χ2v) is 4.54. The summed E-state index contributed by atoms with van der Waals surface area (Å²) < 4.78 is 5.87. The highest BCUT2D eigenvalue weighted by atomic mass is 16.3. The quantitative estimate of drug-likeness (QED) is 0.838. The van der Waals surface area contributed by atoms with Crippen molar-refractivity contribution in [2.45, 2.75) is 45.6 Å². The zero-order chi connectivity index (χ0) is 12.3. The Morgan fingerprint density at radius 2 is 2.00 bits per heavy atom. The topological polar surface area (TPSA) is 39.2 Å². The van der Waals surface area contributed by atoms with Crippen molar-refractivity contribution in [1.29, 1.82) is 0 Å². The summed E-state index contributed by atoms with van der Waals surface area (Å²) in [5.74, 6) is 1.05. The lowest BCUT2D eigenvalue weighted by Gasteiger charge is -2.11. The molecular formula is C15H21NO. The zero-order valence-electron chi connectivity index (χ0n) is 10.7. The number of rotatable bonds is 5. The maximum Gasteiger partial charge on any atom is 0.134 e. The number of aryl methyl sites for hydroxylation is 1. The van der Waals surface area contributed by atoms with E-state index in [2.05, 4.69) is 19.9 Å². The summed E-state index contributed by atoms with van der Waals surface area (Å²) in [5, 5.41) is 1.19. The van der Waals surface area contributed by atoms with Crippen molar-refractivity contribution >= 4 is 11.0 Å². The standard InChI is InChI=1S/C15H21NO/c1-3-5-9-12(16)15-11-8-6-7-10-14(11)17-13(15)4-2/h6-8,10,12H,3-5,9,16H2,1-2H3. The molecule has 0 saturated heterocycles. The highest BCUT2D eigenvalue weighted by Gasteiger charge is 2.17.